The van der Waals surface area contributed by atoms with E-state index in [9.17, 15) is 4.79 Å². The van der Waals surface area contributed by atoms with E-state index in [0.717, 1.165) is 43.2 Å². The van der Waals surface area contributed by atoms with Crippen molar-refractivity contribution in [3.05, 3.63) is 60.2 Å². The minimum Gasteiger partial charge on any atom is -0.342 e. The highest BCUT2D eigenvalue weighted by atomic mass is 16.2. The lowest BCUT2D eigenvalue weighted by Crippen LogP contribution is -2.41. The molecule has 26 heavy (non-hydrogen) atoms. The molecule has 0 atom stereocenters. The zero-order valence-corrected chi connectivity index (χ0v) is 14.8. The predicted molar refractivity (Wildman–Crippen MR) is 103 cm³/mol. The van der Waals surface area contributed by atoms with E-state index in [1.54, 1.807) is 0 Å². The molecular weight excluding hydrogens is 320 g/mol. The maximum atomic E-state index is 12.6. The molecule has 130 valence electrons. The van der Waals surface area contributed by atoms with Gasteiger partial charge < -0.3 is 5.32 Å². The topological polar surface area (TPSA) is 52.9 Å². The van der Waals surface area contributed by atoms with E-state index in [2.05, 4.69) is 41.4 Å². The number of hydrogen-bond donors (Lipinski definition) is 1. The van der Waals surface area contributed by atoms with E-state index in [1.807, 2.05) is 36.4 Å². The second-order valence-corrected chi connectivity index (χ2v) is 6.68. The molecule has 1 fully saturated rings. The van der Waals surface area contributed by atoms with Crippen molar-refractivity contribution in [2.24, 2.45) is 5.41 Å². The Balaban J connectivity index is 1.81. The summed E-state index contributed by atoms with van der Waals surface area (Å²) >= 11 is 0. The van der Waals surface area contributed by atoms with Gasteiger partial charge in [0.25, 0.3) is 0 Å². The summed E-state index contributed by atoms with van der Waals surface area (Å²) in [6, 6.07) is 20.3. The number of carbonyl (C=O) groups is 1. The molecular formula is C23H22N2O. The van der Waals surface area contributed by atoms with Crippen molar-refractivity contribution < 1.29 is 4.79 Å². The van der Waals surface area contributed by atoms with Crippen LogP contribution in [0.4, 0.5) is 0 Å². The van der Waals surface area contributed by atoms with Crippen LogP contribution in [0.1, 0.15) is 37.7 Å². The molecule has 2 aromatic rings. The summed E-state index contributed by atoms with van der Waals surface area (Å²) in [5.41, 5.74) is 2.57. The van der Waals surface area contributed by atoms with Crippen LogP contribution in [0.3, 0.4) is 0 Å². The molecule has 1 aliphatic rings. The fraction of sp³-hybridized carbons (Fsp3) is 0.304. The minimum absolute atomic E-state index is 0.0357. The van der Waals surface area contributed by atoms with Crippen LogP contribution in [0.15, 0.2) is 54.6 Å². The van der Waals surface area contributed by atoms with Gasteiger partial charge in [0.1, 0.15) is 12.0 Å². The van der Waals surface area contributed by atoms with Gasteiger partial charge in [-0.25, -0.2) is 0 Å². The van der Waals surface area contributed by atoms with Gasteiger partial charge in [0.2, 0.25) is 5.91 Å². The van der Waals surface area contributed by atoms with Gasteiger partial charge in [0, 0.05) is 5.56 Å². The molecule has 3 nitrogen and oxygen atoms in total. The Morgan fingerprint density at radius 3 is 2.27 bits per heavy atom. The molecule has 3 rings (SSSR count). The maximum absolute atomic E-state index is 12.6. The number of nitrogens with one attached hydrogen (secondary N) is 1. The highest BCUT2D eigenvalue weighted by molar-refractivity contribution is 5.86. The summed E-state index contributed by atoms with van der Waals surface area (Å²) in [5, 5.41) is 11.4. The Morgan fingerprint density at radius 2 is 1.62 bits per heavy atom. The van der Waals surface area contributed by atoms with E-state index in [4.69, 9.17) is 5.26 Å². The van der Waals surface area contributed by atoms with Crippen molar-refractivity contribution in [1.82, 2.24) is 5.32 Å². The van der Waals surface area contributed by atoms with E-state index in [1.165, 1.54) is 5.56 Å². The van der Waals surface area contributed by atoms with Gasteiger partial charge in [-0.3, -0.25) is 4.79 Å². The molecule has 0 aliphatic heterocycles. The Kier molecular flexibility index (Phi) is 5.72. The summed E-state index contributed by atoms with van der Waals surface area (Å²) in [5.74, 6) is 6.34. The summed E-state index contributed by atoms with van der Waals surface area (Å²) < 4.78 is 0. The first-order valence-electron chi connectivity index (χ1n) is 9.07. The molecule has 0 heterocycles. The number of nitrogens with zero attached hydrogens (tertiary/aromatic N) is 1. The fourth-order valence-electron chi connectivity index (χ4n) is 3.42. The lowest BCUT2D eigenvalue weighted by molar-refractivity contribution is -0.129. The summed E-state index contributed by atoms with van der Waals surface area (Å²) in [7, 11) is 0. The van der Waals surface area contributed by atoms with Crippen molar-refractivity contribution in [2.75, 3.05) is 6.54 Å². The average molecular weight is 342 g/mol. The first-order chi connectivity index (χ1) is 12.7. The molecule has 3 heteroatoms. The van der Waals surface area contributed by atoms with Crippen molar-refractivity contribution in [2.45, 2.75) is 32.1 Å². The Hall–Kier alpha value is -3.04. The molecule has 1 aliphatic carbocycles. The first-order valence-corrected chi connectivity index (χ1v) is 9.07. The fourth-order valence-corrected chi connectivity index (χ4v) is 3.42. The van der Waals surface area contributed by atoms with Crippen LogP contribution >= 0.6 is 0 Å². The van der Waals surface area contributed by atoms with Crippen LogP contribution in [-0.2, 0) is 4.79 Å². The van der Waals surface area contributed by atoms with Gasteiger partial charge in [-0.1, -0.05) is 73.6 Å². The Morgan fingerprint density at radius 1 is 0.962 bits per heavy atom. The summed E-state index contributed by atoms with van der Waals surface area (Å²) in [6.45, 7) is 0.0357. The number of hydrogen-bond acceptors (Lipinski definition) is 2. The normalized spacial score (nSPS) is 15.2. The molecule has 0 aromatic heterocycles. The van der Waals surface area contributed by atoms with Gasteiger partial charge in [-0.2, -0.15) is 5.26 Å². The number of benzene rings is 2. The highest BCUT2D eigenvalue weighted by Crippen LogP contribution is 2.36. The lowest BCUT2D eigenvalue weighted by Gasteiger charge is -2.30. The number of rotatable bonds is 3. The van der Waals surface area contributed by atoms with E-state index in [-0.39, 0.29) is 12.5 Å². The molecule has 2 aromatic carbocycles. The molecule has 1 amide bonds. The van der Waals surface area contributed by atoms with Crippen LogP contribution < -0.4 is 5.32 Å². The quantitative estimate of drug-likeness (QED) is 0.668. The van der Waals surface area contributed by atoms with E-state index >= 15 is 0 Å². The second kappa shape index (κ2) is 8.37. The molecule has 1 N–H and O–H groups in total. The van der Waals surface area contributed by atoms with Gasteiger partial charge >= 0.3 is 0 Å². The molecule has 0 saturated heterocycles. The standard InChI is InChI=1S/C23H22N2O/c24-17-18-25-22(26)23(14-5-2-6-15-23)16-13-19-9-11-21(12-10-19)20-7-3-1-4-8-20/h1,3-4,7-12H,2,5-6,14-15,18H2,(H,25,26). The molecule has 0 unspecified atom stereocenters. The Bertz CT molecular complexity index is 845. The van der Waals surface area contributed by atoms with Gasteiger partial charge in [-0.15, -0.1) is 0 Å². The van der Waals surface area contributed by atoms with Crippen molar-refractivity contribution in [3.63, 3.8) is 0 Å². The minimum atomic E-state index is -0.660. The van der Waals surface area contributed by atoms with Crippen LogP contribution in [0.2, 0.25) is 0 Å². The third-order valence-electron chi connectivity index (χ3n) is 4.91. The zero-order chi connectivity index (χ0) is 18.2. The number of amides is 1. The van der Waals surface area contributed by atoms with E-state index < -0.39 is 5.41 Å². The summed E-state index contributed by atoms with van der Waals surface area (Å²) in [4.78, 5) is 12.6. The second-order valence-electron chi connectivity index (χ2n) is 6.68. The van der Waals surface area contributed by atoms with Crippen LogP contribution in [0, 0.1) is 28.6 Å². The Labute approximate surface area is 155 Å². The van der Waals surface area contributed by atoms with E-state index in [0.29, 0.717) is 0 Å². The number of carbonyl (C=O) groups excluding carboxylic acids is 1. The van der Waals surface area contributed by atoms with Gasteiger partial charge in [-0.05, 0) is 36.1 Å². The third kappa shape index (κ3) is 4.13. The molecule has 0 bridgehead atoms. The SMILES string of the molecule is N#CCNC(=O)C1(C#Cc2ccc(-c3ccccc3)cc2)CCCCC1. The van der Waals surface area contributed by atoms with Crippen LogP contribution in [0.5, 0.6) is 0 Å². The smallest absolute Gasteiger partial charge is 0.239 e. The van der Waals surface area contributed by atoms with Crippen LogP contribution in [0.25, 0.3) is 11.1 Å². The molecule has 0 radical (unpaired) electrons. The van der Waals surface area contributed by atoms with Crippen molar-refractivity contribution >= 4 is 5.91 Å². The highest BCUT2D eigenvalue weighted by Gasteiger charge is 2.37. The van der Waals surface area contributed by atoms with Gasteiger partial charge in [0.15, 0.2) is 0 Å². The number of nitriles is 1. The zero-order valence-electron chi connectivity index (χ0n) is 14.8. The average Bonchev–Trinajstić information content (AvgIpc) is 2.72. The van der Waals surface area contributed by atoms with Crippen molar-refractivity contribution in [1.29, 1.82) is 5.26 Å². The maximum Gasteiger partial charge on any atom is 0.239 e. The monoisotopic (exact) mass is 342 g/mol. The third-order valence-corrected chi connectivity index (χ3v) is 4.91. The van der Waals surface area contributed by atoms with Crippen molar-refractivity contribution in [3.8, 4) is 29.0 Å². The first kappa shape index (κ1) is 17.8. The molecule has 1 saturated carbocycles. The van der Waals surface area contributed by atoms with Crippen LogP contribution in [-0.4, -0.2) is 12.5 Å². The molecule has 0 spiro atoms. The largest absolute Gasteiger partial charge is 0.342 e. The van der Waals surface area contributed by atoms with Gasteiger partial charge in [0.05, 0.1) is 6.07 Å². The predicted octanol–water partition coefficient (Wildman–Crippen LogP) is 4.30. The lowest BCUT2D eigenvalue weighted by atomic mass is 9.73. The summed E-state index contributed by atoms with van der Waals surface area (Å²) in [6.07, 6.45) is 4.67.